The molecule has 0 heterocycles. The van der Waals surface area contributed by atoms with Crippen LogP contribution in [0.25, 0.3) is 10.8 Å². The van der Waals surface area contributed by atoms with Gasteiger partial charge in [0.2, 0.25) is 0 Å². The van der Waals surface area contributed by atoms with Crippen LogP contribution in [0.2, 0.25) is 0 Å². The van der Waals surface area contributed by atoms with E-state index in [1.807, 2.05) is 36.6 Å². The Labute approximate surface area is 215 Å². The van der Waals surface area contributed by atoms with Gasteiger partial charge in [0.05, 0.1) is 17.2 Å². The zero-order chi connectivity index (χ0) is 27.0. The van der Waals surface area contributed by atoms with Crippen molar-refractivity contribution in [3.8, 4) is 6.07 Å². The summed E-state index contributed by atoms with van der Waals surface area (Å²) >= 11 is 1.61. The molecule has 1 unspecified atom stereocenters. The maximum atomic E-state index is 13.0. The summed E-state index contributed by atoms with van der Waals surface area (Å²) in [4.78, 5) is 13.4. The number of hydrogen-bond acceptors (Lipinski definition) is 4. The fourth-order valence-electron chi connectivity index (χ4n) is 3.52. The second kappa shape index (κ2) is 12.4. The van der Waals surface area contributed by atoms with Crippen molar-refractivity contribution in [2.45, 2.75) is 23.6 Å². The van der Waals surface area contributed by atoms with E-state index >= 15 is 0 Å². The summed E-state index contributed by atoms with van der Waals surface area (Å²) in [5, 5.41) is 23.2. The maximum absolute atomic E-state index is 13.0. The van der Waals surface area contributed by atoms with E-state index in [9.17, 15) is 27.5 Å². The molecule has 190 valence electrons. The highest BCUT2D eigenvalue weighted by molar-refractivity contribution is 7.98. The molecule has 0 saturated heterocycles. The SMILES string of the molecule is CSc1ccc(F)cc1.N#Cc1ccc(NC(=O)C(O)Cc2cccc3ccccc23)cc1C(F)(F)F. The predicted octanol–water partition coefficient (Wildman–Crippen LogP) is 6.82. The summed E-state index contributed by atoms with van der Waals surface area (Å²) in [6, 6.07) is 23.8. The molecule has 0 saturated carbocycles. The summed E-state index contributed by atoms with van der Waals surface area (Å²) in [6.45, 7) is 0. The lowest BCUT2D eigenvalue weighted by Crippen LogP contribution is -2.29. The minimum absolute atomic E-state index is 0.00952. The number of halogens is 4. The summed E-state index contributed by atoms with van der Waals surface area (Å²) in [7, 11) is 0. The summed E-state index contributed by atoms with van der Waals surface area (Å²) in [5.41, 5.74) is -1.08. The van der Waals surface area contributed by atoms with E-state index in [2.05, 4.69) is 5.32 Å². The van der Waals surface area contributed by atoms with E-state index in [-0.39, 0.29) is 17.9 Å². The monoisotopic (exact) mass is 526 g/mol. The molecule has 2 N–H and O–H groups in total. The molecule has 1 atom stereocenters. The van der Waals surface area contributed by atoms with Gasteiger partial charge >= 0.3 is 6.18 Å². The normalized spacial score (nSPS) is 11.7. The number of nitrogens with one attached hydrogen (secondary N) is 1. The Morgan fingerprint density at radius 2 is 1.70 bits per heavy atom. The van der Waals surface area contributed by atoms with Crippen LogP contribution in [0.4, 0.5) is 23.2 Å². The molecule has 9 heteroatoms. The van der Waals surface area contributed by atoms with Crippen molar-refractivity contribution in [2.24, 2.45) is 0 Å². The molecule has 4 aromatic carbocycles. The third-order valence-electron chi connectivity index (χ3n) is 5.36. The number of amides is 1. The van der Waals surface area contributed by atoms with Gasteiger partial charge in [-0.3, -0.25) is 4.79 Å². The lowest BCUT2D eigenvalue weighted by Gasteiger charge is -2.15. The highest BCUT2D eigenvalue weighted by Crippen LogP contribution is 2.33. The average molecular weight is 527 g/mol. The number of aliphatic hydroxyl groups excluding tert-OH is 1. The number of aliphatic hydroxyl groups is 1. The van der Waals surface area contributed by atoms with E-state index in [0.29, 0.717) is 6.07 Å². The fourth-order valence-corrected chi connectivity index (χ4v) is 3.93. The van der Waals surface area contributed by atoms with Gasteiger partial charge in [0.15, 0.2) is 0 Å². The maximum Gasteiger partial charge on any atom is 0.417 e. The largest absolute Gasteiger partial charge is 0.417 e. The van der Waals surface area contributed by atoms with Crippen molar-refractivity contribution in [1.29, 1.82) is 5.26 Å². The minimum Gasteiger partial charge on any atom is -0.383 e. The molecule has 0 aromatic heterocycles. The van der Waals surface area contributed by atoms with Gasteiger partial charge in [0.1, 0.15) is 11.9 Å². The van der Waals surface area contributed by atoms with E-state index in [4.69, 9.17) is 5.26 Å². The van der Waals surface area contributed by atoms with Crippen LogP contribution < -0.4 is 5.32 Å². The van der Waals surface area contributed by atoms with Crippen molar-refractivity contribution < 1.29 is 27.5 Å². The van der Waals surface area contributed by atoms with Crippen molar-refractivity contribution >= 4 is 34.1 Å². The van der Waals surface area contributed by atoms with Crippen LogP contribution in [0.15, 0.2) is 89.8 Å². The Morgan fingerprint density at radius 3 is 2.35 bits per heavy atom. The van der Waals surface area contributed by atoms with Crippen molar-refractivity contribution in [2.75, 3.05) is 11.6 Å². The molecular formula is C28H22F4N2O2S. The zero-order valence-corrected chi connectivity index (χ0v) is 20.4. The third-order valence-corrected chi connectivity index (χ3v) is 6.10. The number of carbonyl (C=O) groups is 1. The number of alkyl halides is 3. The van der Waals surface area contributed by atoms with Gasteiger partial charge in [-0.1, -0.05) is 42.5 Å². The Bertz CT molecular complexity index is 1410. The number of nitrogens with zero attached hydrogens (tertiary/aromatic N) is 1. The first-order valence-electron chi connectivity index (χ1n) is 11.0. The van der Waals surface area contributed by atoms with Crippen LogP contribution in [0.1, 0.15) is 16.7 Å². The first kappa shape index (κ1) is 27.7. The lowest BCUT2D eigenvalue weighted by atomic mass is 9.99. The molecule has 0 fully saturated rings. The van der Waals surface area contributed by atoms with Crippen LogP contribution in [0.3, 0.4) is 0 Å². The highest BCUT2D eigenvalue weighted by atomic mass is 32.2. The number of hydrogen-bond donors (Lipinski definition) is 2. The van der Waals surface area contributed by atoms with Crippen molar-refractivity contribution in [1.82, 2.24) is 0 Å². The average Bonchev–Trinajstić information content (AvgIpc) is 2.89. The van der Waals surface area contributed by atoms with E-state index in [1.165, 1.54) is 24.3 Å². The van der Waals surface area contributed by atoms with E-state index in [0.717, 1.165) is 27.3 Å². The number of rotatable bonds is 5. The topological polar surface area (TPSA) is 73.1 Å². The second-order valence-corrected chi connectivity index (χ2v) is 8.76. The van der Waals surface area contributed by atoms with Crippen LogP contribution in [-0.2, 0) is 17.4 Å². The molecule has 4 aromatic rings. The fraction of sp³-hybridized carbons (Fsp3) is 0.143. The van der Waals surface area contributed by atoms with Gasteiger partial charge < -0.3 is 10.4 Å². The van der Waals surface area contributed by atoms with Gasteiger partial charge in [-0.25, -0.2) is 4.39 Å². The predicted molar refractivity (Wildman–Crippen MR) is 137 cm³/mol. The van der Waals surface area contributed by atoms with E-state index < -0.39 is 29.3 Å². The Hall–Kier alpha value is -3.87. The number of thioether (sulfide) groups is 1. The molecule has 0 aliphatic heterocycles. The molecule has 0 radical (unpaired) electrons. The Balaban J connectivity index is 0.000000356. The molecular weight excluding hydrogens is 504 g/mol. The third kappa shape index (κ3) is 7.56. The number of benzene rings is 4. The molecule has 0 aliphatic carbocycles. The minimum atomic E-state index is -4.73. The smallest absolute Gasteiger partial charge is 0.383 e. The van der Waals surface area contributed by atoms with Crippen LogP contribution in [0, 0.1) is 17.1 Å². The number of carbonyl (C=O) groups excluding carboxylic acids is 1. The number of fused-ring (bicyclic) bond motifs is 1. The lowest BCUT2D eigenvalue weighted by molar-refractivity contribution is -0.137. The molecule has 0 spiro atoms. The number of nitriles is 1. The van der Waals surface area contributed by atoms with Gasteiger partial charge in [-0.2, -0.15) is 18.4 Å². The first-order chi connectivity index (χ1) is 17.6. The molecule has 0 aliphatic rings. The summed E-state index contributed by atoms with van der Waals surface area (Å²) < 4.78 is 51.3. The second-order valence-electron chi connectivity index (χ2n) is 7.88. The molecule has 4 nitrogen and oxygen atoms in total. The van der Waals surface area contributed by atoms with Gasteiger partial charge in [0, 0.05) is 17.0 Å². The first-order valence-corrected chi connectivity index (χ1v) is 12.2. The quantitative estimate of drug-likeness (QED) is 0.221. The van der Waals surface area contributed by atoms with Gasteiger partial charge in [-0.05, 0) is 65.1 Å². The molecule has 37 heavy (non-hydrogen) atoms. The Kier molecular flexibility index (Phi) is 9.28. The van der Waals surface area contributed by atoms with Crippen molar-refractivity contribution in [3.63, 3.8) is 0 Å². The zero-order valence-electron chi connectivity index (χ0n) is 19.6. The van der Waals surface area contributed by atoms with Crippen LogP contribution in [0.5, 0.6) is 0 Å². The van der Waals surface area contributed by atoms with Crippen LogP contribution >= 0.6 is 11.8 Å². The molecule has 0 bridgehead atoms. The molecule has 4 rings (SSSR count). The van der Waals surface area contributed by atoms with E-state index in [1.54, 1.807) is 36.0 Å². The summed E-state index contributed by atoms with van der Waals surface area (Å²) in [5.74, 6) is -1.00. The van der Waals surface area contributed by atoms with Crippen LogP contribution in [-0.4, -0.2) is 23.4 Å². The van der Waals surface area contributed by atoms with Crippen molar-refractivity contribution in [3.05, 3.63) is 107 Å². The van der Waals surface area contributed by atoms with Gasteiger partial charge in [-0.15, -0.1) is 11.8 Å². The number of anilines is 1. The standard InChI is InChI=1S/C21H15F3N2O2.C7H7FS/c22-21(23,24)18-11-16(9-8-15(18)12-25)26-20(28)19(27)10-14-6-3-5-13-4-1-2-7-17(13)14;1-9-7-4-2-6(8)3-5-7/h1-9,11,19,27H,10H2,(H,26,28);2-5H,1H3. The molecule has 1 amide bonds. The Morgan fingerprint density at radius 1 is 1.03 bits per heavy atom. The highest BCUT2D eigenvalue weighted by Gasteiger charge is 2.34. The summed E-state index contributed by atoms with van der Waals surface area (Å²) in [6.07, 6.45) is -4.20. The van der Waals surface area contributed by atoms with Gasteiger partial charge in [0.25, 0.3) is 5.91 Å².